The summed E-state index contributed by atoms with van der Waals surface area (Å²) >= 11 is 12.9. The van der Waals surface area contributed by atoms with Crippen molar-refractivity contribution in [1.29, 1.82) is 0 Å². The van der Waals surface area contributed by atoms with E-state index < -0.39 is 11.9 Å². The van der Waals surface area contributed by atoms with E-state index in [2.05, 4.69) is 39.0 Å². The van der Waals surface area contributed by atoms with Crippen molar-refractivity contribution in [1.82, 2.24) is 0 Å². The van der Waals surface area contributed by atoms with Gasteiger partial charge in [-0.3, -0.25) is 4.79 Å². The van der Waals surface area contributed by atoms with Gasteiger partial charge in [0.25, 0.3) is 0 Å². The van der Waals surface area contributed by atoms with Crippen LogP contribution in [0.5, 0.6) is 0 Å². The second-order valence-corrected chi connectivity index (χ2v) is 7.94. The average molecular weight is 423 g/mol. The number of hydrogen-bond acceptors (Lipinski definition) is 1. The summed E-state index contributed by atoms with van der Waals surface area (Å²) in [6.07, 6.45) is 2.33. The highest BCUT2D eigenvalue weighted by Gasteiger charge is 2.27. The minimum Gasteiger partial charge on any atom is -0.481 e. The summed E-state index contributed by atoms with van der Waals surface area (Å²) in [4.78, 5) is 11.5. The Morgan fingerprint density at radius 2 is 1.75 bits per heavy atom. The first kappa shape index (κ1) is 24.5. The maximum Gasteiger partial charge on any atom is 0.306 e. The number of halogens is 2. The van der Waals surface area contributed by atoms with Gasteiger partial charge in [-0.25, -0.2) is 0 Å². The van der Waals surface area contributed by atoms with Crippen molar-refractivity contribution in [3.05, 3.63) is 68.2 Å². The Bertz CT molecular complexity index is 799. The molecule has 0 spiro atoms. The lowest BCUT2D eigenvalue weighted by Crippen LogP contribution is -2.17. The molecule has 1 N–H and O–H groups in total. The van der Waals surface area contributed by atoms with Crippen LogP contribution in [0.1, 0.15) is 74.3 Å². The Morgan fingerprint density at radius 1 is 1.11 bits per heavy atom. The SMILES string of the molecule is CC.CCCc1cc(Cl)cc(Cl)c1C(CC(C)C(=O)O)c1cc(C)ccc1C. The number of carboxylic acid groups (broad SMARTS) is 1. The maximum absolute atomic E-state index is 11.5. The first-order valence-electron chi connectivity index (χ1n) is 10.0. The molecule has 0 amide bonds. The van der Waals surface area contributed by atoms with Gasteiger partial charge in [-0.2, -0.15) is 0 Å². The largest absolute Gasteiger partial charge is 0.481 e. The van der Waals surface area contributed by atoms with Gasteiger partial charge in [0.05, 0.1) is 5.92 Å². The summed E-state index contributed by atoms with van der Waals surface area (Å²) in [6.45, 7) is 12.0. The summed E-state index contributed by atoms with van der Waals surface area (Å²) < 4.78 is 0. The van der Waals surface area contributed by atoms with Crippen LogP contribution in [0, 0.1) is 19.8 Å². The molecule has 0 aliphatic carbocycles. The molecule has 0 heterocycles. The summed E-state index contributed by atoms with van der Waals surface area (Å²) in [7, 11) is 0. The molecule has 0 saturated carbocycles. The highest BCUT2D eigenvalue weighted by Crippen LogP contribution is 2.41. The molecular weight excluding hydrogens is 391 g/mol. The number of benzene rings is 2. The predicted octanol–water partition coefficient (Wildman–Crippen LogP) is 7.83. The molecule has 2 rings (SSSR count). The number of carboxylic acids is 1. The van der Waals surface area contributed by atoms with E-state index in [4.69, 9.17) is 23.2 Å². The highest BCUT2D eigenvalue weighted by atomic mass is 35.5. The zero-order valence-corrected chi connectivity index (χ0v) is 19.3. The van der Waals surface area contributed by atoms with Crippen molar-refractivity contribution in [2.75, 3.05) is 0 Å². The molecule has 0 radical (unpaired) electrons. The minimum absolute atomic E-state index is 0.0766. The lowest BCUT2D eigenvalue weighted by Gasteiger charge is -2.26. The molecule has 0 saturated heterocycles. The molecule has 2 aromatic carbocycles. The fraction of sp³-hybridized carbons (Fsp3) is 0.458. The lowest BCUT2D eigenvalue weighted by molar-refractivity contribution is -0.141. The fourth-order valence-corrected chi connectivity index (χ4v) is 4.16. The topological polar surface area (TPSA) is 37.3 Å². The van der Waals surface area contributed by atoms with Crippen LogP contribution in [0.2, 0.25) is 10.0 Å². The molecule has 2 unspecified atom stereocenters. The van der Waals surface area contributed by atoms with E-state index in [0.717, 1.165) is 40.7 Å². The fourth-order valence-electron chi connectivity index (χ4n) is 3.49. The number of aryl methyl sites for hydroxylation is 3. The van der Waals surface area contributed by atoms with Gasteiger partial charge in [0.1, 0.15) is 0 Å². The number of carbonyl (C=O) groups is 1. The molecule has 0 aliphatic rings. The zero-order valence-electron chi connectivity index (χ0n) is 17.8. The molecular formula is C24H32Cl2O2. The molecule has 28 heavy (non-hydrogen) atoms. The van der Waals surface area contributed by atoms with E-state index in [9.17, 15) is 9.90 Å². The van der Waals surface area contributed by atoms with Crippen molar-refractivity contribution >= 4 is 29.2 Å². The Labute approximate surface area is 179 Å². The van der Waals surface area contributed by atoms with E-state index in [-0.39, 0.29) is 5.92 Å². The predicted molar refractivity (Wildman–Crippen MR) is 121 cm³/mol. The summed E-state index contributed by atoms with van der Waals surface area (Å²) in [5.74, 6) is -1.34. The van der Waals surface area contributed by atoms with E-state index in [0.29, 0.717) is 16.5 Å². The van der Waals surface area contributed by atoms with Gasteiger partial charge in [0, 0.05) is 16.0 Å². The number of aliphatic carboxylic acids is 1. The lowest BCUT2D eigenvalue weighted by atomic mass is 9.79. The van der Waals surface area contributed by atoms with Gasteiger partial charge in [-0.05, 0) is 61.1 Å². The Kier molecular flexibility index (Phi) is 10.1. The van der Waals surface area contributed by atoms with Gasteiger partial charge in [0.2, 0.25) is 0 Å². The van der Waals surface area contributed by atoms with Gasteiger partial charge in [0.15, 0.2) is 0 Å². The van der Waals surface area contributed by atoms with Crippen molar-refractivity contribution in [2.45, 2.75) is 66.7 Å². The van der Waals surface area contributed by atoms with E-state index in [1.165, 1.54) is 0 Å². The summed E-state index contributed by atoms with van der Waals surface area (Å²) in [6, 6.07) is 10.0. The molecule has 2 atom stereocenters. The average Bonchev–Trinajstić information content (AvgIpc) is 2.64. The van der Waals surface area contributed by atoms with Crippen LogP contribution >= 0.6 is 23.2 Å². The van der Waals surface area contributed by atoms with Crippen molar-refractivity contribution in [2.24, 2.45) is 5.92 Å². The number of rotatable bonds is 7. The smallest absolute Gasteiger partial charge is 0.306 e. The van der Waals surface area contributed by atoms with Crippen LogP contribution < -0.4 is 0 Å². The van der Waals surface area contributed by atoms with Crippen LogP contribution in [0.15, 0.2) is 30.3 Å². The van der Waals surface area contributed by atoms with Crippen LogP contribution in [-0.2, 0) is 11.2 Å². The van der Waals surface area contributed by atoms with Crippen molar-refractivity contribution in [3.8, 4) is 0 Å². The van der Waals surface area contributed by atoms with Crippen LogP contribution in [0.4, 0.5) is 0 Å². The molecule has 0 aromatic heterocycles. The second kappa shape index (κ2) is 11.5. The third-order valence-electron chi connectivity index (χ3n) is 4.87. The standard InChI is InChI=1S/C22H26Cl2O2.C2H6/c1-5-6-16-11-17(23)12-20(24)21(16)19(10-15(4)22(25)26)18-9-13(2)7-8-14(18)3;1-2/h7-9,11-12,15,19H,5-6,10H2,1-4H3,(H,25,26);1-2H3. The van der Waals surface area contributed by atoms with Crippen LogP contribution in [0.25, 0.3) is 0 Å². The minimum atomic E-state index is -0.789. The van der Waals surface area contributed by atoms with Crippen LogP contribution in [0.3, 0.4) is 0 Å². The van der Waals surface area contributed by atoms with Crippen molar-refractivity contribution in [3.63, 3.8) is 0 Å². The van der Waals surface area contributed by atoms with Crippen LogP contribution in [-0.4, -0.2) is 11.1 Å². The van der Waals surface area contributed by atoms with Gasteiger partial charge in [-0.15, -0.1) is 0 Å². The number of hydrogen-bond donors (Lipinski definition) is 1. The first-order chi connectivity index (χ1) is 13.2. The van der Waals surface area contributed by atoms with E-state index >= 15 is 0 Å². The van der Waals surface area contributed by atoms with Gasteiger partial charge in [-0.1, -0.05) is 81.1 Å². The molecule has 4 heteroatoms. The quantitative estimate of drug-likeness (QED) is 0.493. The van der Waals surface area contributed by atoms with E-state index in [1.807, 2.05) is 19.9 Å². The molecule has 0 fully saturated rings. The van der Waals surface area contributed by atoms with E-state index in [1.54, 1.807) is 13.0 Å². The molecule has 0 aliphatic heterocycles. The summed E-state index contributed by atoms with van der Waals surface area (Å²) in [5, 5.41) is 10.7. The van der Waals surface area contributed by atoms with Crippen molar-refractivity contribution < 1.29 is 9.90 Å². The molecule has 0 bridgehead atoms. The first-order valence-corrected chi connectivity index (χ1v) is 10.8. The van der Waals surface area contributed by atoms with Gasteiger partial charge < -0.3 is 5.11 Å². The maximum atomic E-state index is 11.5. The normalized spacial score (nSPS) is 12.7. The summed E-state index contributed by atoms with van der Waals surface area (Å²) in [5.41, 5.74) is 5.56. The Morgan fingerprint density at radius 3 is 2.32 bits per heavy atom. The Hall–Kier alpha value is -1.51. The zero-order chi connectivity index (χ0) is 21.4. The molecule has 2 nitrogen and oxygen atoms in total. The second-order valence-electron chi connectivity index (χ2n) is 7.10. The van der Waals surface area contributed by atoms with Gasteiger partial charge >= 0.3 is 5.97 Å². The highest BCUT2D eigenvalue weighted by molar-refractivity contribution is 6.35. The monoisotopic (exact) mass is 422 g/mol. The molecule has 2 aromatic rings. The third kappa shape index (κ3) is 6.25. The Balaban J connectivity index is 0.00000190. The third-order valence-corrected chi connectivity index (χ3v) is 5.40. The molecule has 154 valence electrons.